The van der Waals surface area contributed by atoms with Crippen molar-refractivity contribution in [3.63, 3.8) is 0 Å². The first-order valence-corrected chi connectivity index (χ1v) is 5.83. The van der Waals surface area contributed by atoms with E-state index in [1.807, 2.05) is 6.92 Å². The molecule has 0 aliphatic rings. The van der Waals surface area contributed by atoms with Gasteiger partial charge >= 0.3 is 0 Å². The Morgan fingerprint density at radius 2 is 1.80 bits per heavy atom. The van der Waals surface area contributed by atoms with E-state index in [0.717, 1.165) is 6.42 Å². The predicted octanol–water partition coefficient (Wildman–Crippen LogP) is 1.80. The SMILES string of the molecule is CC(C)CC(C)CC(=O)NCC(C)CO. The number of hydrogen-bond acceptors (Lipinski definition) is 2. The molecule has 0 aromatic heterocycles. The molecular weight excluding hydrogens is 190 g/mol. The molecule has 2 atom stereocenters. The van der Waals surface area contributed by atoms with Crippen LogP contribution in [0.4, 0.5) is 0 Å². The number of amides is 1. The first-order valence-electron chi connectivity index (χ1n) is 5.83. The van der Waals surface area contributed by atoms with E-state index in [9.17, 15) is 4.79 Å². The third-order valence-electron chi connectivity index (χ3n) is 2.37. The maximum absolute atomic E-state index is 11.5. The standard InChI is InChI=1S/C12H25NO2/c1-9(2)5-10(3)6-12(15)13-7-11(4)8-14/h9-11,14H,5-8H2,1-4H3,(H,13,15). The summed E-state index contributed by atoms with van der Waals surface area (Å²) < 4.78 is 0. The number of hydrogen-bond donors (Lipinski definition) is 2. The van der Waals surface area contributed by atoms with Gasteiger partial charge in [-0.15, -0.1) is 0 Å². The predicted molar refractivity (Wildman–Crippen MR) is 62.5 cm³/mol. The van der Waals surface area contributed by atoms with Crippen LogP contribution in [-0.4, -0.2) is 24.2 Å². The van der Waals surface area contributed by atoms with E-state index in [2.05, 4.69) is 26.1 Å². The van der Waals surface area contributed by atoms with Gasteiger partial charge in [0.15, 0.2) is 0 Å². The van der Waals surface area contributed by atoms with Gasteiger partial charge in [-0.05, 0) is 24.2 Å². The Labute approximate surface area is 93.3 Å². The van der Waals surface area contributed by atoms with Crippen LogP contribution in [0.15, 0.2) is 0 Å². The summed E-state index contributed by atoms with van der Waals surface area (Å²) in [6.07, 6.45) is 1.68. The molecule has 0 aliphatic carbocycles. The van der Waals surface area contributed by atoms with Gasteiger partial charge in [-0.2, -0.15) is 0 Å². The van der Waals surface area contributed by atoms with E-state index in [1.165, 1.54) is 0 Å². The topological polar surface area (TPSA) is 49.3 Å². The molecular formula is C12H25NO2. The molecule has 0 aromatic carbocycles. The zero-order chi connectivity index (χ0) is 11.8. The average molecular weight is 215 g/mol. The van der Waals surface area contributed by atoms with Crippen molar-refractivity contribution >= 4 is 5.91 Å². The summed E-state index contributed by atoms with van der Waals surface area (Å²) >= 11 is 0. The Morgan fingerprint density at radius 3 is 2.27 bits per heavy atom. The normalized spacial score (nSPS) is 15.1. The fourth-order valence-electron chi connectivity index (χ4n) is 1.63. The van der Waals surface area contributed by atoms with E-state index < -0.39 is 0 Å². The Morgan fingerprint density at radius 1 is 1.20 bits per heavy atom. The summed E-state index contributed by atoms with van der Waals surface area (Å²) in [5.74, 6) is 1.33. The van der Waals surface area contributed by atoms with Gasteiger partial charge in [0.1, 0.15) is 0 Å². The van der Waals surface area contributed by atoms with E-state index in [0.29, 0.717) is 24.8 Å². The molecule has 0 spiro atoms. The fourth-order valence-corrected chi connectivity index (χ4v) is 1.63. The molecule has 1 amide bonds. The molecule has 15 heavy (non-hydrogen) atoms. The van der Waals surface area contributed by atoms with E-state index in [-0.39, 0.29) is 18.4 Å². The van der Waals surface area contributed by atoms with E-state index >= 15 is 0 Å². The summed E-state index contributed by atoms with van der Waals surface area (Å²) in [6.45, 7) is 9.06. The van der Waals surface area contributed by atoms with Crippen molar-refractivity contribution in [3.8, 4) is 0 Å². The van der Waals surface area contributed by atoms with Crippen molar-refractivity contribution in [1.82, 2.24) is 5.32 Å². The first kappa shape index (κ1) is 14.4. The molecule has 0 aliphatic heterocycles. The molecule has 0 aromatic rings. The zero-order valence-electron chi connectivity index (χ0n) is 10.4. The third-order valence-corrected chi connectivity index (χ3v) is 2.37. The van der Waals surface area contributed by atoms with Gasteiger partial charge in [0.05, 0.1) is 0 Å². The number of aliphatic hydroxyl groups excluding tert-OH is 1. The Balaban J connectivity index is 3.64. The van der Waals surface area contributed by atoms with Crippen LogP contribution in [-0.2, 0) is 4.79 Å². The van der Waals surface area contributed by atoms with Crippen molar-refractivity contribution in [2.75, 3.05) is 13.2 Å². The molecule has 0 radical (unpaired) electrons. The lowest BCUT2D eigenvalue weighted by molar-refractivity contribution is -0.122. The highest BCUT2D eigenvalue weighted by molar-refractivity contribution is 5.76. The van der Waals surface area contributed by atoms with Gasteiger partial charge in [0.25, 0.3) is 0 Å². The van der Waals surface area contributed by atoms with Crippen LogP contribution in [0.5, 0.6) is 0 Å². The van der Waals surface area contributed by atoms with Gasteiger partial charge in [0, 0.05) is 19.6 Å². The second kappa shape index (κ2) is 7.69. The Hall–Kier alpha value is -0.570. The molecule has 0 heterocycles. The van der Waals surface area contributed by atoms with Crippen molar-refractivity contribution < 1.29 is 9.90 Å². The minimum absolute atomic E-state index is 0.100. The van der Waals surface area contributed by atoms with Gasteiger partial charge in [-0.3, -0.25) is 4.79 Å². The van der Waals surface area contributed by atoms with Crippen LogP contribution in [0.2, 0.25) is 0 Å². The lowest BCUT2D eigenvalue weighted by Gasteiger charge is -2.14. The summed E-state index contributed by atoms with van der Waals surface area (Å²) in [5, 5.41) is 11.6. The third kappa shape index (κ3) is 8.43. The largest absolute Gasteiger partial charge is 0.396 e. The molecule has 2 N–H and O–H groups in total. The highest BCUT2D eigenvalue weighted by atomic mass is 16.3. The monoisotopic (exact) mass is 215 g/mol. The highest BCUT2D eigenvalue weighted by Gasteiger charge is 2.11. The quantitative estimate of drug-likeness (QED) is 0.680. The number of carbonyl (C=O) groups excluding carboxylic acids is 1. The summed E-state index contributed by atoms with van der Waals surface area (Å²) in [4.78, 5) is 11.5. The van der Waals surface area contributed by atoms with Crippen molar-refractivity contribution in [2.24, 2.45) is 17.8 Å². The average Bonchev–Trinajstić information content (AvgIpc) is 2.12. The van der Waals surface area contributed by atoms with Gasteiger partial charge in [-0.1, -0.05) is 27.7 Å². The maximum atomic E-state index is 11.5. The molecule has 3 nitrogen and oxygen atoms in total. The molecule has 90 valence electrons. The first-order chi connectivity index (χ1) is 6.95. The van der Waals surface area contributed by atoms with Gasteiger partial charge in [0.2, 0.25) is 5.91 Å². The van der Waals surface area contributed by atoms with Crippen LogP contribution in [0.25, 0.3) is 0 Å². The Kier molecular flexibility index (Phi) is 7.39. The number of nitrogens with one attached hydrogen (secondary N) is 1. The molecule has 0 saturated carbocycles. The molecule has 3 heteroatoms. The lowest BCUT2D eigenvalue weighted by Crippen LogP contribution is -2.30. The zero-order valence-corrected chi connectivity index (χ0v) is 10.4. The molecule has 2 unspecified atom stereocenters. The summed E-state index contributed by atoms with van der Waals surface area (Å²) in [7, 11) is 0. The van der Waals surface area contributed by atoms with Crippen LogP contribution in [0.1, 0.15) is 40.5 Å². The van der Waals surface area contributed by atoms with Crippen molar-refractivity contribution in [1.29, 1.82) is 0 Å². The molecule has 0 rings (SSSR count). The summed E-state index contributed by atoms with van der Waals surface area (Å²) in [6, 6.07) is 0. The Bertz CT molecular complexity index is 180. The van der Waals surface area contributed by atoms with Crippen molar-refractivity contribution in [2.45, 2.75) is 40.5 Å². The molecule has 0 saturated heterocycles. The fraction of sp³-hybridized carbons (Fsp3) is 0.917. The highest BCUT2D eigenvalue weighted by Crippen LogP contribution is 2.14. The van der Waals surface area contributed by atoms with E-state index in [1.54, 1.807) is 0 Å². The van der Waals surface area contributed by atoms with E-state index in [4.69, 9.17) is 5.11 Å². The minimum Gasteiger partial charge on any atom is -0.396 e. The van der Waals surface area contributed by atoms with Crippen molar-refractivity contribution in [3.05, 3.63) is 0 Å². The van der Waals surface area contributed by atoms with Gasteiger partial charge in [-0.25, -0.2) is 0 Å². The van der Waals surface area contributed by atoms with Crippen LogP contribution >= 0.6 is 0 Å². The minimum atomic E-state index is 0.100. The van der Waals surface area contributed by atoms with Gasteiger partial charge < -0.3 is 10.4 Å². The second-order valence-electron chi connectivity index (χ2n) is 5.03. The summed E-state index contributed by atoms with van der Waals surface area (Å²) in [5.41, 5.74) is 0. The maximum Gasteiger partial charge on any atom is 0.220 e. The number of carbonyl (C=O) groups is 1. The lowest BCUT2D eigenvalue weighted by atomic mass is 9.96. The van der Waals surface area contributed by atoms with Crippen LogP contribution in [0.3, 0.4) is 0 Å². The smallest absolute Gasteiger partial charge is 0.220 e. The van der Waals surface area contributed by atoms with Crippen LogP contribution < -0.4 is 5.32 Å². The van der Waals surface area contributed by atoms with Crippen LogP contribution in [0, 0.1) is 17.8 Å². The number of rotatable bonds is 7. The molecule has 0 bridgehead atoms. The molecule has 0 fully saturated rings. The number of aliphatic hydroxyl groups is 1. The second-order valence-corrected chi connectivity index (χ2v) is 5.03.